The number of hydrogen-bond acceptors (Lipinski definition) is 5. The molecule has 8 heteroatoms. The zero-order chi connectivity index (χ0) is 24.6. The lowest BCUT2D eigenvalue weighted by Gasteiger charge is -2.44. The Hall–Kier alpha value is -1.86. The van der Waals surface area contributed by atoms with Crippen molar-refractivity contribution in [3.8, 4) is 0 Å². The smallest absolute Gasteiger partial charge is 0.328 e. The molecule has 1 aliphatic heterocycles. The molecule has 1 N–H and O–H groups in total. The van der Waals surface area contributed by atoms with Gasteiger partial charge in [0.25, 0.3) is 5.91 Å². The van der Waals surface area contributed by atoms with Crippen LogP contribution in [0.25, 0.3) is 0 Å². The van der Waals surface area contributed by atoms with E-state index in [0.29, 0.717) is 18.9 Å². The van der Waals surface area contributed by atoms with E-state index < -0.39 is 17.9 Å². The number of hydrogen-bond donors (Lipinski definition) is 1. The van der Waals surface area contributed by atoms with Crippen LogP contribution in [-0.2, 0) is 19.0 Å². The SMILES string of the molecule is CCOC1(C2CC=C(/C=C/CC(NC(=O)c3c(Cl)cccc3Cl)C(=O)OC)CC2)CCOCC1. The second-order valence-electron chi connectivity index (χ2n) is 8.64. The van der Waals surface area contributed by atoms with Crippen LogP contribution in [-0.4, -0.2) is 50.4 Å². The quantitative estimate of drug-likeness (QED) is 0.443. The molecule has 6 nitrogen and oxygen atoms in total. The molecule has 34 heavy (non-hydrogen) atoms. The number of esters is 1. The van der Waals surface area contributed by atoms with Crippen molar-refractivity contribution in [1.29, 1.82) is 0 Å². The van der Waals surface area contributed by atoms with E-state index in [2.05, 4.69) is 18.3 Å². The summed E-state index contributed by atoms with van der Waals surface area (Å²) in [7, 11) is 1.29. The van der Waals surface area contributed by atoms with Crippen LogP contribution in [0, 0.1) is 5.92 Å². The van der Waals surface area contributed by atoms with Crippen LogP contribution in [0.5, 0.6) is 0 Å². The summed E-state index contributed by atoms with van der Waals surface area (Å²) >= 11 is 12.3. The fourth-order valence-corrected chi connectivity index (χ4v) is 5.38. The lowest BCUT2D eigenvalue weighted by atomic mass is 9.73. The third-order valence-corrected chi connectivity index (χ3v) is 7.28. The van der Waals surface area contributed by atoms with Gasteiger partial charge in [-0.1, -0.05) is 53.1 Å². The van der Waals surface area contributed by atoms with Crippen LogP contribution in [0.1, 0.15) is 55.8 Å². The van der Waals surface area contributed by atoms with E-state index in [0.717, 1.165) is 45.3 Å². The fourth-order valence-electron chi connectivity index (χ4n) is 4.82. The first-order chi connectivity index (χ1) is 16.4. The highest BCUT2D eigenvalue weighted by Gasteiger charge is 2.41. The molecular weight excluding hydrogens is 477 g/mol. The van der Waals surface area contributed by atoms with E-state index in [-0.39, 0.29) is 21.2 Å². The number of carbonyl (C=O) groups is 2. The standard InChI is InChI=1S/C26H33Cl2NO5/c1-3-34-26(14-16-33-17-15-26)19-12-10-18(11-13-19)6-4-9-22(25(31)32-2)29-24(30)23-20(27)7-5-8-21(23)28/h4-8,10,19,22H,3,9,11-17H2,1-2H3,(H,29,30)/b6-4+. The summed E-state index contributed by atoms with van der Waals surface area (Å²) in [6.07, 6.45) is 11.3. The molecule has 186 valence electrons. The third-order valence-electron chi connectivity index (χ3n) is 6.65. The Morgan fingerprint density at radius 2 is 1.97 bits per heavy atom. The molecular formula is C26H33Cl2NO5. The number of ether oxygens (including phenoxy) is 3. The summed E-state index contributed by atoms with van der Waals surface area (Å²) in [5, 5.41) is 3.14. The second-order valence-corrected chi connectivity index (χ2v) is 9.46. The second kappa shape index (κ2) is 12.7. The highest BCUT2D eigenvalue weighted by atomic mass is 35.5. The highest BCUT2D eigenvalue weighted by Crippen LogP contribution is 2.41. The van der Waals surface area contributed by atoms with Gasteiger partial charge in [0.2, 0.25) is 0 Å². The normalized spacial score (nSPS) is 21.1. The number of nitrogens with one attached hydrogen (secondary N) is 1. The van der Waals surface area contributed by atoms with Crippen LogP contribution in [0.3, 0.4) is 0 Å². The Labute approximate surface area is 211 Å². The lowest BCUT2D eigenvalue weighted by Crippen LogP contribution is -2.46. The zero-order valence-corrected chi connectivity index (χ0v) is 21.3. The maximum atomic E-state index is 12.7. The molecule has 2 unspecified atom stereocenters. The topological polar surface area (TPSA) is 73.9 Å². The van der Waals surface area contributed by atoms with E-state index in [1.807, 2.05) is 12.2 Å². The van der Waals surface area contributed by atoms with E-state index in [4.69, 9.17) is 37.4 Å². The van der Waals surface area contributed by atoms with Gasteiger partial charge in [0, 0.05) is 32.7 Å². The molecule has 0 spiro atoms. The molecule has 0 bridgehead atoms. The minimum absolute atomic E-state index is 0.0843. The molecule has 1 aromatic rings. The average Bonchev–Trinajstić information content (AvgIpc) is 2.84. The molecule has 0 radical (unpaired) electrons. The van der Waals surface area contributed by atoms with Crippen molar-refractivity contribution in [2.24, 2.45) is 5.92 Å². The number of methoxy groups -OCH3 is 1. The predicted octanol–water partition coefficient (Wildman–Crippen LogP) is 5.52. The molecule has 0 saturated carbocycles. The maximum absolute atomic E-state index is 12.7. The van der Waals surface area contributed by atoms with Crippen LogP contribution in [0.4, 0.5) is 0 Å². The van der Waals surface area contributed by atoms with Crippen molar-refractivity contribution < 1.29 is 23.8 Å². The lowest BCUT2D eigenvalue weighted by molar-refractivity contribution is -0.142. The Kier molecular flexibility index (Phi) is 10.0. The summed E-state index contributed by atoms with van der Waals surface area (Å²) in [4.78, 5) is 25.0. The number of halogens is 2. The number of benzene rings is 1. The Balaban J connectivity index is 1.61. The van der Waals surface area contributed by atoms with E-state index in [1.54, 1.807) is 18.2 Å². The van der Waals surface area contributed by atoms with Crippen molar-refractivity contribution >= 4 is 35.1 Å². The molecule has 1 heterocycles. The summed E-state index contributed by atoms with van der Waals surface area (Å²) in [5.74, 6) is -0.565. The largest absolute Gasteiger partial charge is 0.467 e. The fraction of sp³-hybridized carbons (Fsp3) is 0.538. The number of rotatable bonds is 9. The number of carbonyl (C=O) groups excluding carboxylic acids is 2. The van der Waals surface area contributed by atoms with E-state index in [1.165, 1.54) is 12.7 Å². The molecule has 0 aromatic heterocycles. The monoisotopic (exact) mass is 509 g/mol. The van der Waals surface area contributed by atoms with Crippen LogP contribution in [0.2, 0.25) is 10.0 Å². The average molecular weight is 510 g/mol. The summed E-state index contributed by atoms with van der Waals surface area (Å²) in [6, 6.07) is 3.96. The Morgan fingerprint density at radius 3 is 2.56 bits per heavy atom. The third kappa shape index (κ3) is 6.63. The molecule has 2 aliphatic rings. The van der Waals surface area contributed by atoms with Gasteiger partial charge in [-0.15, -0.1) is 0 Å². The van der Waals surface area contributed by atoms with Crippen LogP contribution in [0.15, 0.2) is 42.0 Å². The van der Waals surface area contributed by atoms with Gasteiger partial charge in [-0.05, 0) is 50.7 Å². The summed E-state index contributed by atoms with van der Waals surface area (Å²) < 4.78 is 16.7. The van der Waals surface area contributed by atoms with Crippen LogP contribution >= 0.6 is 23.2 Å². The number of amides is 1. The van der Waals surface area contributed by atoms with E-state index >= 15 is 0 Å². The highest BCUT2D eigenvalue weighted by molar-refractivity contribution is 6.39. The Morgan fingerprint density at radius 1 is 1.26 bits per heavy atom. The minimum atomic E-state index is -0.846. The molecule has 3 rings (SSSR count). The maximum Gasteiger partial charge on any atom is 0.328 e. The van der Waals surface area contributed by atoms with Gasteiger partial charge in [-0.3, -0.25) is 4.79 Å². The first-order valence-electron chi connectivity index (χ1n) is 11.8. The summed E-state index contributed by atoms with van der Waals surface area (Å²) in [5.41, 5.74) is 1.28. The molecule has 1 saturated heterocycles. The molecule has 2 atom stereocenters. The van der Waals surface area contributed by atoms with Crippen LogP contribution < -0.4 is 5.32 Å². The summed E-state index contributed by atoms with van der Waals surface area (Å²) in [6.45, 7) is 4.29. The Bertz CT molecular complexity index is 898. The van der Waals surface area contributed by atoms with Crippen molar-refractivity contribution in [1.82, 2.24) is 5.32 Å². The van der Waals surface area contributed by atoms with Gasteiger partial charge in [-0.25, -0.2) is 4.79 Å². The van der Waals surface area contributed by atoms with Crippen molar-refractivity contribution in [3.63, 3.8) is 0 Å². The van der Waals surface area contributed by atoms with Gasteiger partial charge >= 0.3 is 5.97 Å². The molecule has 1 amide bonds. The molecule has 1 fully saturated rings. The molecule has 1 aliphatic carbocycles. The molecule has 1 aromatic carbocycles. The van der Waals surface area contributed by atoms with E-state index in [9.17, 15) is 9.59 Å². The first kappa shape index (κ1) is 26.7. The van der Waals surface area contributed by atoms with Gasteiger partial charge < -0.3 is 19.5 Å². The number of allylic oxidation sites excluding steroid dienone is 3. The van der Waals surface area contributed by atoms with Gasteiger partial charge in [-0.2, -0.15) is 0 Å². The zero-order valence-electron chi connectivity index (χ0n) is 19.8. The van der Waals surface area contributed by atoms with Gasteiger partial charge in [0.1, 0.15) is 6.04 Å². The van der Waals surface area contributed by atoms with Gasteiger partial charge in [0.15, 0.2) is 0 Å². The van der Waals surface area contributed by atoms with Crippen molar-refractivity contribution in [3.05, 3.63) is 57.6 Å². The van der Waals surface area contributed by atoms with Crippen molar-refractivity contribution in [2.45, 2.75) is 57.1 Å². The van der Waals surface area contributed by atoms with Crippen molar-refractivity contribution in [2.75, 3.05) is 26.9 Å². The minimum Gasteiger partial charge on any atom is -0.467 e. The first-order valence-corrected chi connectivity index (χ1v) is 12.6. The predicted molar refractivity (Wildman–Crippen MR) is 133 cm³/mol. The van der Waals surface area contributed by atoms with Gasteiger partial charge in [0.05, 0.1) is 28.3 Å².